The SMILES string of the molecule is CCOc1cc(/C=C/C(=O)c2cccc(-n3cccc3)c2)ccc1OCC(=O)Nc1ccccc1OC. The lowest BCUT2D eigenvalue weighted by Gasteiger charge is -2.13. The van der Waals surface area contributed by atoms with Crippen molar-refractivity contribution in [2.75, 3.05) is 25.6 Å². The first-order chi connectivity index (χ1) is 18.1. The maximum absolute atomic E-state index is 12.8. The molecule has 0 unspecified atom stereocenters. The van der Waals surface area contributed by atoms with Crippen molar-refractivity contribution in [3.05, 3.63) is 108 Å². The summed E-state index contributed by atoms with van der Waals surface area (Å²) in [6.07, 6.45) is 7.12. The largest absolute Gasteiger partial charge is 0.495 e. The Labute approximate surface area is 215 Å². The summed E-state index contributed by atoms with van der Waals surface area (Å²) in [6.45, 7) is 2.08. The van der Waals surface area contributed by atoms with Gasteiger partial charge in [-0.05, 0) is 67.1 Å². The van der Waals surface area contributed by atoms with Gasteiger partial charge in [-0.15, -0.1) is 0 Å². The van der Waals surface area contributed by atoms with Crippen molar-refractivity contribution in [3.8, 4) is 22.9 Å². The molecule has 3 aromatic carbocycles. The van der Waals surface area contributed by atoms with E-state index in [1.807, 2.05) is 66.3 Å². The summed E-state index contributed by atoms with van der Waals surface area (Å²) in [4.78, 5) is 25.2. The van der Waals surface area contributed by atoms with Crippen LogP contribution in [-0.2, 0) is 4.79 Å². The molecule has 1 amide bonds. The number of ether oxygens (including phenoxy) is 3. The molecular weight excluding hydrogens is 468 g/mol. The van der Waals surface area contributed by atoms with Gasteiger partial charge in [0.1, 0.15) is 5.75 Å². The van der Waals surface area contributed by atoms with E-state index in [0.29, 0.717) is 35.1 Å². The third-order valence-electron chi connectivity index (χ3n) is 5.47. The molecule has 0 aliphatic heterocycles. The third kappa shape index (κ3) is 6.67. The Morgan fingerprint density at radius 2 is 1.68 bits per heavy atom. The molecule has 7 heteroatoms. The highest BCUT2D eigenvalue weighted by Gasteiger charge is 2.11. The molecule has 0 aliphatic carbocycles. The number of benzene rings is 3. The Balaban J connectivity index is 1.42. The molecular formula is C30H28N2O5. The fraction of sp³-hybridized carbons (Fsp3) is 0.133. The van der Waals surface area contributed by atoms with Crippen LogP contribution in [0.25, 0.3) is 11.8 Å². The number of allylic oxidation sites excluding steroid dienone is 1. The first-order valence-corrected chi connectivity index (χ1v) is 11.9. The number of carbonyl (C=O) groups is 2. The van der Waals surface area contributed by atoms with Crippen LogP contribution in [0.2, 0.25) is 0 Å². The second kappa shape index (κ2) is 12.3. The minimum absolute atomic E-state index is 0.111. The van der Waals surface area contributed by atoms with Crippen LogP contribution in [0.1, 0.15) is 22.8 Å². The van der Waals surface area contributed by atoms with Crippen molar-refractivity contribution >= 4 is 23.5 Å². The maximum atomic E-state index is 12.8. The van der Waals surface area contributed by atoms with Crippen molar-refractivity contribution in [1.29, 1.82) is 0 Å². The normalized spacial score (nSPS) is 10.8. The van der Waals surface area contributed by atoms with E-state index in [-0.39, 0.29) is 18.3 Å². The zero-order valence-corrected chi connectivity index (χ0v) is 20.7. The van der Waals surface area contributed by atoms with E-state index in [2.05, 4.69) is 5.32 Å². The van der Waals surface area contributed by atoms with Crippen molar-refractivity contribution in [1.82, 2.24) is 4.57 Å². The zero-order chi connectivity index (χ0) is 26.0. The van der Waals surface area contributed by atoms with Gasteiger partial charge in [0.25, 0.3) is 5.91 Å². The van der Waals surface area contributed by atoms with Crippen LogP contribution < -0.4 is 19.5 Å². The number of nitrogens with one attached hydrogen (secondary N) is 1. The smallest absolute Gasteiger partial charge is 0.262 e. The molecule has 0 fully saturated rings. The number of hydrogen-bond donors (Lipinski definition) is 1. The van der Waals surface area contributed by atoms with Gasteiger partial charge in [0.05, 0.1) is 19.4 Å². The molecule has 0 radical (unpaired) electrons. The molecule has 188 valence electrons. The average molecular weight is 497 g/mol. The first-order valence-electron chi connectivity index (χ1n) is 11.9. The van der Waals surface area contributed by atoms with Crippen LogP contribution in [0.15, 0.2) is 97.3 Å². The van der Waals surface area contributed by atoms with E-state index < -0.39 is 0 Å². The second-order valence-electron chi connectivity index (χ2n) is 8.01. The van der Waals surface area contributed by atoms with Gasteiger partial charge in [-0.1, -0.05) is 36.4 Å². The zero-order valence-electron chi connectivity index (χ0n) is 20.7. The lowest BCUT2D eigenvalue weighted by molar-refractivity contribution is -0.118. The molecule has 1 heterocycles. The summed E-state index contributed by atoms with van der Waals surface area (Å²) < 4.78 is 18.6. The van der Waals surface area contributed by atoms with Crippen molar-refractivity contribution in [2.45, 2.75) is 6.92 Å². The summed E-state index contributed by atoms with van der Waals surface area (Å²) in [7, 11) is 1.54. The number of carbonyl (C=O) groups excluding carboxylic acids is 2. The van der Waals surface area contributed by atoms with Gasteiger partial charge in [-0.25, -0.2) is 0 Å². The number of rotatable bonds is 11. The minimum Gasteiger partial charge on any atom is -0.495 e. The predicted molar refractivity (Wildman–Crippen MR) is 144 cm³/mol. The molecule has 7 nitrogen and oxygen atoms in total. The van der Waals surface area contributed by atoms with Gasteiger partial charge in [-0.3, -0.25) is 9.59 Å². The highest BCUT2D eigenvalue weighted by Crippen LogP contribution is 2.29. The highest BCUT2D eigenvalue weighted by molar-refractivity contribution is 6.07. The number of hydrogen-bond acceptors (Lipinski definition) is 5. The predicted octanol–water partition coefficient (Wildman–Crippen LogP) is 5.80. The van der Waals surface area contributed by atoms with Crippen LogP contribution in [0.4, 0.5) is 5.69 Å². The van der Waals surface area contributed by atoms with E-state index in [1.54, 1.807) is 49.6 Å². The standard InChI is InChI=1S/C30H28N2O5/c1-3-36-29-19-22(13-15-26(33)23-9-8-10-24(20-23)32-17-6-7-18-32)14-16-28(29)37-21-30(34)31-25-11-4-5-12-27(25)35-2/h4-20H,3,21H2,1-2H3,(H,31,34)/b15-13+. The van der Waals surface area contributed by atoms with Gasteiger partial charge in [-0.2, -0.15) is 0 Å². The summed E-state index contributed by atoms with van der Waals surface area (Å²) >= 11 is 0. The highest BCUT2D eigenvalue weighted by atomic mass is 16.5. The van der Waals surface area contributed by atoms with Crippen LogP contribution >= 0.6 is 0 Å². The van der Waals surface area contributed by atoms with Gasteiger partial charge < -0.3 is 24.1 Å². The van der Waals surface area contributed by atoms with E-state index in [1.165, 1.54) is 6.08 Å². The van der Waals surface area contributed by atoms with E-state index in [4.69, 9.17) is 14.2 Å². The second-order valence-corrected chi connectivity index (χ2v) is 8.01. The quantitative estimate of drug-likeness (QED) is 0.210. The maximum Gasteiger partial charge on any atom is 0.262 e. The molecule has 4 rings (SSSR count). The van der Waals surface area contributed by atoms with Gasteiger partial charge >= 0.3 is 0 Å². The van der Waals surface area contributed by atoms with Crippen LogP contribution in [0, 0.1) is 0 Å². The van der Waals surface area contributed by atoms with Crippen molar-refractivity contribution in [3.63, 3.8) is 0 Å². The number of anilines is 1. The topological polar surface area (TPSA) is 78.8 Å². The van der Waals surface area contributed by atoms with Crippen molar-refractivity contribution < 1.29 is 23.8 Å². The minimum atomic E-state index is -0.330. The molecule has 1 aromatic heterocycles. The van der Waals surface area contributed by atoms with Crippen LogP contribution in [0.5, 0.6) is 17.2 Å². The molecule has 0 spiro atoms. The van der Waals surface area contributed by atoms with E-state index in [9.17, 15) is 9.59 Å². The lowest BCUT2D eigenvalue weighted by Crippen LogP contribution is -2.20. The number of aromatic nitrogens is 1. The van der Waals surface area contributed by atoms with Crippen LogP contribution in [0.3, 0.4) is 0 Å². The average Bonchev–Trinajstić information content (AvgIpc) is 3.47. The molecule has 4 aromatic rings. The van der Waals surface area contributed by atoms with Gasteiger partial charge in [0.2, 0.25) is 0 Å². The first kappa shape index (κ1) is 25.3. The Kier molecular flexibility index (Phi) is 8.39. The summed E-state index contributed by atoms with van der Waals surface area (Å²) in [5.41, 5.74) is 2.84. The van der Waals surface area contributed by atoms with Gasteiger partial charge in [0, 0.05) is 23.6 Å². The summed E-state index contributed by atoms with van der Waals surface area (Å²) in [6, 6.07) is 23.8. The number of ketones is 1. The van der Waals surface area contributed by atoms with Gasteiger partial charge in [0.15, 0.2) is 23.9 Å². The fourth-order valence-corrected chi connectivity index (χ4v) is 3.69. The third-order valence-corrected chi connectivity index (χ3v) is 5.47. The van der Waals surface area contributed by atoms with Crippen LogP contribution in [-0.4, -0.2) is 36.6 Å². The lowest BCUT2D eigenvalue weighted by atomic mass is 10.1. The summed E-state index contributed by atoms with van der Waals surface area (Å²) in [5.74, 6) is 1.04. The van der Waals surface area contributed by atoms with Crippen molar-refractivity contribution in [2.24, 2.45) is 0 Å². The number of methoxy groups -OCH3 is 1. The molecule has 0 bridgehead atoms. The van der Waals surface area contributed by atoms with E-state index in [0.717, 1.165) is 11.3 Å². The number of nitrogens with zero attached hydrogens (tertiary/aromatic N) is 1. The monoisotopic (exact) mass is 496 g/mol. The molecule has 0 aliphatic rings. The Bertz CT molecular complexity index is 1390. The Morgan fingerprint density at radius 3 is 2.46 bits per heavy atom. The molecule has 0 atom stereocenters. The van der Waals surface area contributed by atoms with E-state index >= 15 is 0 Å². The molecule has 1 N–H and O–H groups in total. The Hall–Kier alpha value is -4.78. The number of amides is 1. The molecule has 0 saturated heterocycles. The molecule has 37 heavy (non-hydrogen) atoms. The summed E-state index contributed by atoms with van der Waals surface area (Å²) in [5, 5.41) is 2.78. The fourth-order valence-electron chi connectivity index (χ4n) is 3.69. The molecule has 0 saturated carbocycles. The number of para-hydroxylation sites is 2. The Morgan fingerprint density at radius 1 is 0.865 bits per heavy atom.